The fourth-order valence-electron chi connectivity index (χ4n) is 1.90. The van der Waals surface area contributed by atoms with Crippen LogP contribution in [0.25, 0.3) is 0 Å². The molecule has 0 aliphatic rings. The molecule has 0 saturated heterocycles. The molecule has 22 heavy (non-hydrogen) atoms. The third kappa shape index (κ3) is 4.40. The van der Waals surface area contributed by atoms with Gasteiger partial charge < -0.3 is 14.4 Å². The number of benzene rings is 2. The van der Waals surface area contributed by atoms with Crippen LogP contribution in [0.1, 0.15) is 5.56 Å². The highest BCUT2D eigenvalue weighted by Crippen LogP contribution is 2.23. The first-order valence-electron chi connectivity index (χ1n) is 6.84. The Balaban J connectivity index is 1.87. The van der Waals surface area contributed by atoms with Gasteiger partial charge in [0.25, 0.3) is 5.91 Å². The Morgan fingerprint density at radius 3 is 2.45 bits per heavy atom. The average molecular weight is 320 g/mol. The smallest absolute Gasteiger partial charge is 0.260 e. The van der Waals surface area contributed by atoms with Crippen LogP contribution in [-0.2, 0) is 11.3 Å². The fourth-order valence-corrected chi connectivity index (χ4v) is 2.09. The van der Waals surface area contributed by atoms with Gasteiger partial charge in [0.15, 0.2) is 6.61 Å². The lowest BCUT2D eigenvalue weighted by Crippen LogP contribution is -2.30. The van der Waals surface area contributed by atoms with Gasteiger partial charge in [-0.25, -0.2) is 0 Å². The van der Waals surface area contributed by atoms with E-state index < -0.39 is 0 Å². The van der Waals surface area contributed by atoms with Crippen LogP contribution >= 0.6 is 11.6 Å². The lowest BCUT2D eigenvalue weighted by Gasteiger charge is -2.18. The van der Waals surface area contributed by atoms with E-state index in [1.807, 2.05) is 36.4 Å². The maximum Gasteiger partial charge on any atom is 0.260 e. The first-order valence-corrected chi connectivity index (χ1v) is 7.22. The van der Waals surface area contributed by atoms with Gasteiger partial charge in [0.1, 0.15) is 11.5 Å². The maximum absolute atomic E-state index is 12.1. The first kappa shape index (κ1) is 16.2. The van der Waals surface area contributed by atoms with Crippen LogP contribution in [0.15, 0.2) is 48.5 Å². The van der Waals surface area contributed by atoms with Gasteiger partial charge in [-0.2, -0.15) is 0 Å². The van der Waals surface area contributed by atoms with E-state index in [9.17, 15) is 4.79 Å². The molecule has 0 aromatic heterocycles. The Labute approximate surface area is 135 Å². The highest BCUT2D eigenvalue weighted by Gasteiger charge is 2.11. The third-order valence-electron chi connectivity index (χ3n) is 3.19. The normalized spacial score (nSPS) is 10.1. The monoisotopic (exact) mass is 319 g/mol. The van der Waals surface area contributed by atoms with Crippen molar-refractivity contribution < 1.29 is 14.3 Å². The number of methoxy groups -OCH3 is 1. The van der Waals surface area contributed by atoms with E-state index in [0.717, 1.165) is 11.3 Å². The van der Waals surface area contributed by atoms with E-state index >= 15 is 0 Å². The molecule has 0 bridgehead atoms. The van der Waals surface area contributed by atoms with Crippen molar-refractivity contribution in [1.82, 2.24) is 4.90 Å². The molecule has 0 radical (unpaired) electrons. The molecule has 0 fully saturated rings. The third-order valence-corrected chi connectivity index (χ3v) is 3.50. The summed E-state index contributed by atoms with van der Waals surface area (Å²) in [5.41, 5.74) is 1.02. The molecule has 5 heteroatoms. The summed E-state index contributed by atoms with van der Waals surface area (Å²) < 4.78 is 10.6. The Hall–Kier alpha value is -2.20. The number of nitrogens with zero attached hydrogens (tertiary/aromatic N) is 1. The van der Waals surface area contributed by atoms with Crippen molar-refractivity contribution in [3.63, 3.8) is 0 Å². The Morgan fingerprint density at radius 2 is 1.82 bits per heavy atom. The van der Waals surface area contributed by atoms with Crippen LogP contribution in [0.5, 0.6) is 11.5 Å². The van der Waals surface area contributed by atoms with Crippen molar-refractivity contribution in [2.75, 3.05) is 20.8 Å². The summed E-state index contributed by atoms with van der Waals surface area (Å²) in [6.07, 6.45) is 0. The van der Waals surface area contributed by atoms with Crippen LogP contribution in [-0.4, -0.2) is 31.6 Å². The second kappa shape index (κ2) is 7.71. The van der Waals surface area contributed by atoms with Gasteiger partial charge in [-0.15, -0.1) is 0 Å². The number of halogens is 1. The Kier molecular flexibility index (Phi) is 5.67. The molecule has 0 saturated carbocycles. The number of para-hydroxylation sites is 1. The quantitative estimate of drug-likeness (QED) is 0.819. The second-order valence-electron chi connectivity index (χ2n) is 4.82. The molecule has 0 N–H and O–H groups in total. The molecule has 4 nitrogen and oxygen atoms in total. The highest BCUT2D eigenvalue weighted by atomic mass is 35.5. The highest BCUT2D eigenvalue weighted by molar-refractivity contribution is 6.32. The summed E-state index contributed by atoms with van der Waals surface area (Å²) in [5, 5.41) is 0.494. The van der Waals surface area contributed by atoms with E-state index in [1.165, 1.54) is 0 Å². The summed E-state index contributed by atoms with van der Waals surface area (Å²) in [5.74, 6) is 1.19. The van der Waals surface area contributed by atoms with Crippen LogP contribution in [0, 0.1) is 0 Å². The number of rotatable bonds is 6. The Bertz CT molecular complexity index is 628. The molecule has 0 unspecified atom stereocenters. The number of ether oxygens (including phenoxy) is 2. The summed E-state index contributed by atoms with van der Waals surface area (Å²) >= 11 is 5.98. The van der Waals surface area contributed by atoms with Crippen molar-refractivity contribution in [3.05, 3.63) is 59.1 Å². The molecule has 1 amide bonds. The largest absolute Gasteiger partial charge is 0.497 e. The lowest BCUT2D eigenvalue weighted by atomic mass is 10.2. The van der Waals surface area contributed by atoms with Crippen molar-refractivity contribution in [2.45, 2.75) is 6.54 Å². The predicted octanol–water partition coefficient (Wildman–Crippen LogP) is 3.39. The molecule has 0 heterocycles. The van der Waals surface area contributed by atoms with E-state index in [4.69, 9.17) is 21.1 Å². The van der Waals surface area contributed by atoms with Crippen LogP contribution in [0.2, 0.25) is 5.02 Å². The van der Waals surface area contributed by atoms with Gasteiger partial charge in [-0.05, 0) is 29.8 Å². The van der Waals surface area contributed by atoms with Gasteiger partial charge in [-0.1, -0.05) is 35.9 Å². The molecule has 116 valence electrons. The maximum atomic E-state index is 12.1. The number of carbonyl (C=O) groups excluding carboxylic acids is 1. The van der Waals surface area contributed by atoms with Crippen LogP contribution in [0.4, 0.5) is 0 Å². The summed E-state index contributed by atoms with van der Waals surface area (Å²) in [4.78, 5) is 13.7. The van der Waals surface area contributed by atoms with E-state index in [-0.39, 0.29) is 12.5 Å². The summed E-state index contributed by atoms with van der Waals surface area (Å²) in [6.45, 7) is 0.463. The molecule has 0 aliphatic heterocycles. The van der Waals surface area contributed by atoms with Gasteiger partial charge in [0.05, 0.1) is 12.1 Å². The first-order chi connectivity index (χ1) is 10.6. The van der Waals surface area contributed by atoms with Gasteiger partial charge in [0, 0.05) is 13.6 Å². The average Bonchev–Trinajstić information content (AvgIpc) is 2.54. The SMILES string of the molecule is COc1ccc(CN(C)C(=O)COc2ccccc2Cl)cc1. The van der Waals surface area contributed by atoms with E-state index in [1.54, 1.807) is 31.2 Å². The second-order valence-corrected chi connectivity index (χ2v) is 5.22. The zero-order chi connectivity index (χ0) is 15.9. The van der Waals surface area contributed by atoms with Crippen molar-refractivity contribution in [3.8, 4) is 11.5 Å². The lowest BCUT2D eigenvalue weighted by molar-refractivity contribution is -0.132. The van der Waals surface area contributed by atoms with E-state index in [2.05, 4.69) is 0 Å². The molecule has 2 rings (SSSR count). The Morgan fingerprint density at radius 1 is 1.14 bits per heavy atom. The zero-order valence-corrected chi connectivity index (χ0v) is 13.3. The van der Waals surface area contributed by atoms with Crippen molar-refractivity contribution in [1.29, 1.82) is 0 Å². The summed E-state index contributed by atoms with van der Waals surface area (Å²) in [7, 11) is 3.36. The number of amides is 1. The van der Waals surface area contributed by atoms with Gasteiger partial charge >= 0.3 is 0 Å². The topological polar surface area (TPSA) is 38.8 Å². The minimum Gasteiger partial charge on any atom is -0.497 e. The number of likely N-dealkylation sites (N-methyl/N-ethyl adjacent to an activating group) is 1. The molecule has 2 aromatic rings. The molecule has 0 atom stereocenters. The summed E-state index contributed by atoms with van der Waals surface area (Å²) in [6, 6.07) is 14.7. The van der Waals surface area contributed by atoms with E-state index in [0.29, 0.717) is 17.3 Å². The number of hydrogen-bond acceptors (Lipinski definition) is 3. The van der Waals surface area contributed by atoms with Crippen LogP contribution < -0.4 is 9.47 Å². The molecule has 0 spiro atoms. The molecular weight excluding hydrogens is 302 g/mol. The number of hydrogen-bond donors (Lipinski definition) is 0. The zero-order valence-electron chi connectivity index (χ0n) is 12.6. The minimum atomic E-state index is -0.115. The molecular formula is C17H18ClNO3. The van der Waals surface area contributed by atoms with Crippen molar-refractivity contribution in [2.24, 2.45) is 0 Å². The van der Waals surface area contributed by atoms with Gasteiger partial charge in [-0.3, -0.25) is 4.79 Å². The standard InChI is InChI=1S/C17H18ClNO3/c1-19(11-13-7-9-14(21-2)10-8-13)17(20)12-22-16-6-4-3-5-15(16)18/h3-10H,11-12H2,1-2H3. The fraction of sp³-hybridized carbons (Fsp3) is 0.235. The van der Waals surface area contributed by atoms with Crippen LogP contribution in [0.3, 0.4) is 0 Å². The van der Waals surface area contributed by atoms with Gasteiger partial charge in [0.2, 0.25) is 0 Å². The molecule has 0 aliphatic carbocycles. The van der Waals surface area contributed by atoms with Crippen molar-refractivity contribution >= 4 is 17.5 Å². The number of carbonyl (C=O) groups is 1. The molecule has 2 aromatic carbocycles. The predicted molar refractivity (Wildman–Crippen MR) is 86.4 cm³/mol. The minimum absolute atomic E-state index is 0.0452.